The van der Waals surface area contributed by atoms with Gasteiger partial charge in [-0.25, -0.2) is 14.8 Å². The molecule has 1 saturated carbocycles. The fraction of sp³-hybridized carbons (Fsp3) is 0.533. The van der Waals surface area contributed by atoms with Crippen LogP contribution < -0.4 is 5.32 Å². The zero-order valence-corrected chi connectivity index (χ0v) is 13.1. The summed E-state index contributed by atoms with van der Waals surface area (Å²) in [6, 6.07) is 0.372. The number of carbonyl (C=O) groups is 1. The topological polar surface area (TPSA) is 75.1 Å². The fourth-order valence-electron chi connectivity index (χ4n) is 2.77. The lowest BCUT2D eigenvalue weighted by Crippen LogP contribution is -2.18. The number of rotatable bonds is 5. The van der Waals surface area contributed by atoms with Gasteiger partial charge in [0, 0.05) is 17.7 Å². The number of anilines is 1. The number of nitrogens with zero attached hydrogens (tertiary/aromatic N) is 2. The molecule has 114 valence electrons. The Labute approximate surface area is 129 Å². The van der Waals surface area contributed by atoms with Crippen molar-refractivity contribution in [2.75, 3.05) is 5.32 Å². The van der Waals surface area contributed by atoms with Gasteiger partial charge < -0.3 is 10.4 Å². The van der Waals surface area contributed by atoms with Crippen molar-refractivity contribution in [3.8, 4) is 0 Å². The molecule has 5 nitrogen and oxygen atoms in total. The van der Waals surface area contributed by atoms with Gasteiger partial charge in [0.25, 0.3) is 0 Å². The molecule has 1 fully saturated rings. The molecule has 1 heterocycles. The summed E-state index contributed by atoms with van der Waals surface area (Å²) < 4.78 is 0. The van der Waals surface area contributed by atoms with Crippen LogP contribution in [-0.4, -0.2) is 27.1 Å². The lowest BCUT2D eigenvalue weighted by Gasteiger charge is -2.18. The summed E-state index contributed by atoms with van der Waals surface area (Å²) in [6.45, 7) is 3.73. The first-order valence-electron chi connectivity index (χ1n) is 7.25. The average molecular weight is 310 g/mol. The molecular formula is C15H20ClN3O2. The van der Waals surface area contributed by atoms with Gasteiger partial charge in [0.05, 0.1) is 5.69 Å². The monoisotopic (exact) mass is 309 g/mol. The van der Waals surface area contributed by atoms with E-state index in [1.165, 1.54) is 18.9 Å². The van der Waals surface area contributed by atoms with E-state index in [0.717, 1.165) is 24.1 Å². The summed E-state index contributed by atoms with van der Waals surface area (Å²) in [7, 11) is 0. The average Bonchev–Trinajstić information content (AvgIpc) is 2.89. The maximum absolute atomic E-state index is 10.9. The first-order valence-corrected chi connectivity index (χ1v) is 7.63. The molecule has 1 aliphatic rings. The Morgan fingerprint density at radius 2 is 2.10 bits per heavy atom. The Hall–Kier alpha value is -1.62. The van der Waals surface area contributed by atoms with E-state index in [9.17, 15) is 4.79 Å². The van der Waals surface area contributed by atoms with Gasteiger partial charge in [-0.2, -0.15) is 0 Å². The zero-order chi connectivity index (χ0) is 15.4. The van der Waals surface area contributed by atoms with Crippen molar-refractivity contribution in [3.05, 3.63) is 22.6 Å². The van der Waals surface area contributed by atoms with Gasteiger partial charge in [0.15, 0.2) is 0 Å². The third-order valence-corrected chi connectivity index (χ3v) is 3.89. The van der Waals surface area contributed by atoms with E-state index in [4.69, 9.17) is 16.7 Å². The molecule has 0 bridgehead atoms. The Bertz CT molecular complexity index is 566. The van der Waals surface area contributed by atoms with Gasteiger partial charge in [0.2, 0.25) is 5.28 Å². The molecule has 0 amide bonds. The summed E-state index contributed by atoms with van der Waals surface area (Å²) in [5, 5.41) is 12.6. The van der Waals surface area contributed by atoms with E-state index in [1.54, 1.807) is 6.92 Å². The van der Waals surface area contributed by atoms with Gasteiger partial charge in [-0.15, -0.1) is 0 Å². The van der Waals surface area contributed by atoms with Crippen LogP contribution in [0.2, 0.25) is 5.28 Å². The predicted octanol–water partition coefficient (Wildman–Crippen LogP) is 3.53. The minimum absolute atomic E-state index is 0.194. The molecule has 2 N–H and O–H groups in total. The third-order valence-electron chi connectivity index (χ3n) is 3.72. The molecule has 0 atom stereocenters. The van der Waals surface area contributed by atoms with Crippen LogP contribution in [0.3, 0.4) is 0 Å². The molecular weight excluding hydrogens is 290 g/mol. The molecule has 0 unspecified atom stereocenters. The summed E-state index contributed by atoms with van der Waals surface area (Å²) in [4.78, 5) is 19.5. The number of halogens is 1. The number of carboxylic acid groups (broad SMARTS) is 1. The Morgan fingerprint density at radius 1 is 1.43 bits per heavy atom. The van der Waals surface area contributed by atoms with Gasteiger partial charge in [-0.05, 0) is 43.4 Å². The first kappa shape index (κ1) is 15.8. The zero-order valence-electron chi connectivity index (χ0n) is 12.3. The van der Waals surface area contributed by atoms with Crippen molar-refractivity contribution in [2.45, 2.75) is 52.0 Å². The highest BCUT2D eigenvalue weighted by Crippen LogP contribution is 2.30. The van der Waals surface area contributed by atoms with E-state index in [2.05, 4.69) is 15.3 Å². The number of nitrogens with one attached hydrogen (secondary N) is 1. The SMILES string of the molecule is CCc1nc(Cl)nc(NC2CCCC2)c1/C(C)=C/C(=O)O. The molecule has 0 saturated heterocycles. The lowest BCUT2D eigenvalue weighted by atomic mass is 10.0. The van der Waals surface area contributed by atoms with Crippen LogP contribution in [0, 0.1) is 0 Å². The van der Waals surface area contributed by atoms with E-state index in [0.29, 0.717) is 23.9 Å². The Morgan fingerprint density at radius 3 is 2.67 bits per heavy atom. The van der Waals surface area contributed by atoms with Crippen LogP contribution in [0.4, 0.5) is 5.82 Å². The van der Waals surface area contributed by atoms with Crippen LogP contribution in [0.5, 0.6) is 0 Å². The smallest absolute Gasteiger partial charge is 0.328 e. The van der Waals surface area contributed by atoms with Crippen LogP contribution >= 0.6 is 11.6 Å². The number of aryl methyl sites for hydroxylation is 1. The van der Waals surface area contributed by atoms with Crippen molar-refractivity contribution in [3.63, 3.8) is 0 Å². The number of aliphatic carboxylic acids is 1. The molecule has 21 heavy (non-hydrogen) atoms. The maximum Gasteiger partial charge on any atom is 0.328 e. The van der Waals surface area contributed by atoms with E-state index in [-0.39, 0.29) is 5.28 Å². The van der Waals surface area contributed by atoms with Crippen LogP contribution in [0.15, 0.2) is 6.08 Å². The summed E-state index contributed by atoms with van der Waals surface area (Å²) in [6.07, 6.45) is 6.47. The van der Waals surface area contributed by atoms with Crippen LogP contribution in [0.1, 0.15) is 50.8 Å². The predicted molar refractivity (Wildman–Crippen MR) is 83.6 cm³/mol. The fourth-order valence-corrected chi connectivity index (χ4v) is 2.96. The second-order valence-corrected chi connectivity index (χ2v) is 5.65. The van der Waals surface area contributed by atoms with E-state index < -0.39 is 5.97 Å². The molecule has 0 aliphatic heterocycles. The number of aromatic nitrogens is 2. The first-order chi connectivity index (χ1) is 10.0. The van der Waals surface area contributed by atoms with Crippen molar-refractivity contribution < 1.29 is 9.90 Å². The largest absolute Gasteiger partial charge is 0.478 e. The molecule has 1 aliphatic carbocycles. The van der Waals surface area contributed by atoms with Crippen molar-refractivity contribution in [2.24, 2.45) is 0 Å². The highest BCUT2D eigenvalue weighted by Gasteiger charge is 2.20. The van der Waals surface area contributed by atoms with E-state index in [1.807, 2.05) is 6.92 Å². The number of hydrogen-bond donors (Lipinski definition) is 2. The van der Waals surface area contributed by atoms with Crippen molar-refractivity contribution >= 4 is 29.0 Å². The Balaban J connectivity index is 2.45. The number of hydrogen-bond acceptors (Lipinski definition) is 4. The quantitative estimate of drug-likeness (QED) is 0.643. The maximum atomic E-state index is 10.9. The third kappa shape index (κ3) is 3.94. The second-order valence-electron chi connectivity index (χ2n) is 5.31. The lowest BCUT2D eigenvalue weighted by molar-refractivity contribution is -0.131. The van der Waals surface area contributed by atoms with Crippen LogP contribution in [0.25, 0.3) is 5.57 Å². The Kier molecular flexibility index (Phi) is 5.17. The molecule has 2 rings (SSSR count). The molecule has 0 spiro atoms. The summed E-state index contributed by atoms with van der Waals surface area (Å²) in [5.74, 6) is -0.329. The molecule has 1 aromatic rings. The standard InChI is InChI=1S/C15H20ClN3O2/c1-3-11-13(9(2)8-12(20)21)14(19-15(16)18-11)17-10-6-4-5-7-10/h8,10H,3-7H2,1-2H3,(H,20,21)(H,17,18,19)/b9-8+. The molecule has 1 aromatic heterocycles. The van der Waals surface area contributed by atoms with Gasteiger partial charge >= 0.3 is 5.97 Å². The van der Waals surface area contributed by atoms with Crippen molar-refractivity contribution in [1.82, 2.24) is 9.97 Å². The minimum Gasteiger partial charge on any atom is -0.478 e. The minimum atomic E-state index is -0.976. The van der Waals surface area contributed by atoms with Gasteiger partial charge in [0.1, 0.15) is 5.82 Å². The van der Waals surface area contributed by atoms with Crippen LogP contribution in [-0.2, 0) is 11.2 Å². The normalized spacial score (nSPS) is 16.2. The van der Waals surface area contributed by atoms with Gasteiger partial charge in [-0.1, -0.05) is 19.8 Å². The summed E-state index contributed by atoms with van der Waals surface area (Å²) in [5.41, 5.74) is 2.17. The molecule has 0 aromatic carbocycles. The van der Waals surface area contributed by atoms with Gasteiger partial charge in [-0.3, -0.25) is 0 Å². The molecule has 0 radical (unpaired) electrons. The number of carboxylic acids is 1. The molecule has 6 heteroatoms. The highest BCUT2D eigenvalue weighted by molar-refractivity contribution is 6.28. The highest BCUT2D eigenvalue weighted by atomic mass is 35.5. The number of allylic oxidation sites excluding steroid dienone is 1. The van der Waals surface area contributed by atoms with Crippen molar-refractivity contribution in [1.29, 1.82) is 0 Å². The summed E-state index contributed by atoms with van der Waals surface area (Å²) >= 11 is 6.00. The second kappa shape index (κ2) is 6.89. The van der Waals surface area contributed by atoms with E-state index >= 15 is 0 Å².